The zero-order valence-corrected chi connectivity index (χ0v) is 7.25. The van der Waals surface area contributed by atoms with E-state index in [1.54, 1.807) is 18.2 Å². The van der Waals surface area contributed by atoms with Crippen LogP contribution in [0.1, 0.15) is 5.82 Å². The van der Waals surface area contributed by atoms with Crippen molar-refractivity contribution in [3.8, 4) is 11.6 Å². The molecule has 6 heteroatoms. The molecule has 0 aromatic carbocycles. The molecular weight excluding hydrogens is 184 g/mol. The Bertz CT molecular complexity index is 440. The molecule has 0 aliphatic rings. The molecule has 0 saturated carbocycles. The Kier molecular flexibility index (Phi) is 2.11. The van der Waals surface area contributed by atoms with Crippen molar-refractivity contribution in [1.82, 2.24) is 10.1 Å². The highest BCUT2D eigenvalue weighted by Crippen LogP contribution is 2.11. The summed E-state index contributed by atoms with van der Waals surface area (Å²) >= 11 is 0. The zero-order valence-electron chi connectivity index (χ0n) is 7.25. The van der Waals surface area contributed by atoms with Crippen LogP contribution in [0.4, 0.5) is 0 Å². The van der Waals surface area contributed by atoms with Crippen molar-refractivity contribution in [2.45, 2.75) is 6.54 Å². The minimum absolute atomic E-state index is 0.182. The fourth-order valence-corrected chi connectivity index (χ4v) is 1.03. The average molecular weight is 192 g/mol. The van der Waals surface area contributed by atoms with Crippen LogP contribution in [0, 0.1) is 5.21 Å². The van der Waals surface area contributed by atoms with Gasteiger partial charge in [-0.1, -0.05) is 5.16 Å². The van der Waals surface area contributed by atoms with Crippen LogP contribution < -0.4 is 10.5 Å². The van der Waals surface area contributed by atoms with Crippen molar-refractivity contribution in [1.29, 1.82) is 0 Å². The number of aromatic nitrogens is 3. The van der Waals surface area contributed by atoms with E-state index in [0.717, 1.165) is 0 Å². The van der Waals surface area contributed by atoms with E-state index in [4.69, 9.17) is 10.3 Å². The summed E-state index contributed by atoms with van der Waals surface area (Å²) < 4.78 is 5.52. The molecule has 0 aliphatic heterocycles. The fraction of sp³-hybridized carbons (Fsp3) is 0.125. The number of hydrogen-bond donors (Lipinski definition) is 1. The molecule has 0 unspecified atom stereocenters. The van der Waals surface area contributed by atoms with Crippen molar-refractivity contribution in [3.05, 3.63) is 35.4 Å². The van der Waals surface area contributed by atoms with Gasteiger partial charge >= 0.3 is 5.89 Å². The normalized spacial score (nSPS) is 10.4. The molecule has 0 radical (unpaired) electrons. The maximum Gasteiger partial charge on any atom is 0.324 e. The third-order valence-corrected chi connectivity index (χ3v) is 1.69. The maximum atomic E-state index is 11.3. The topological polar surface area (TPSA) is 91.9 Å². The van der Waals surface area contributed by atoms with Gasteiger partial charge in [0.05, 0.1) is 6.54 Å². The van der Waals surface area contributed by atoms with Crippen LogP contribution in [-0.4, -0.2) is 10.1 Å². The second-order valence-electron chi connectivity index (χ2n) is 2.63. The summed E-state index contributed by atoms with van der Waals surface area (Å²) in [6, 6.07) is 4.94. The molecule has 0 saturated heterocycles. The molecule has 6 nitrogen and oxygen atoms in total. The number of nitrogens with zero attached hydrogens (tertiary/aromatic N) is 3. The first-order valence-electron chi connectivity index (χ1n) is 4.02. The van der Waals surface area contributed by atoms with Gasteiger partial charge in [-0.05, 0) is 6.07 Å². The minimum atomic E-state index is 0.182. The van der Waals surface area contributed by atoms with Gasteiger partial charge in [0.25, 0.3) is 5.69 Å². The average Bonchev–Trinajstić information content (AvgIpc) is 2.67. The zero-order chi connectivity index (χ0) is 9.97. The van der Waals surface area contributed by atoms with Crippen LogP contribution >= 0.6 is 0 Å². The van der Waals surface area contributed by atoms with E-state index in [1.165, 1.54) is 6.20 Å². The largest absolute Gasteiger partial charge is 0.618 e. The molecule has 0 amide bonds. The molecule has 0 aliphatic carbocycles. The molecule has 2 rings (SSSR count). The van der Waals surface area contributed by atoms with Crippen molar-refractivity contribution >= 4 is 0 Å². The van der Waals surface area contributed by atoms with Crippen LogP contribution in [0.2, 0.25) is 0 Å². The van der Waals surface area contributed by atoms with Crippen molar-refractivity contribution in [2.75, 3.05) is 0 Å². The summed E-state index contributed by atoms with van der Waals surface area (Å²) in [7, 11) is 0. The Balaban J connectivity index is 2.44. The van der Waals surface area contributed by atoms with Gasteiger partial charge in [0.2, 0.25) is 0 Å². The molecule has 2 aromatic rings. The highest BCUT2D eigenvalue weighted by atomic mass is 16.5. The van der Waals surface area contributed by atoms with E-state index in [1.807, 2.05) is 0 Å². The summed E-state index contributed by atoms with van der Waals surface area (Å²) in [5.74, 6) is 0.560. The Labute approximate surface area is 79.6 Å². The first-order valence-corrected chi connectivity index (χ1v) is 4.02. The van der Waals surface area contributed by atoms with E-state index < -0.39 is 0 Å². The quantitative estimate of drug-likeness (QED) is 0.526. The predicted octanol–water partition coefficient (Wildman–Crippen LogP) is -0.171. The van der Waals surface area contributed by atoms with Gasteiger partial charge in [0.1, 0.15) is 0 Å². The first-order chi connectivity index (χ1) is 6.81. The van der Waals surface area contributed by atoms with Crippen LogP contribution in [0.3, 0.4) is 0 Å². The third-order valence-electron chi connectivity index (χ3n) is 1.69. The Morgan fingerprint density at radius 1 is 1.50 bits per heavy atom. The Hall–Kier alpha value is -1.95. The van der Waals surface area contributed by atoms with E-state index >= 15 is 0 Å². The number of pyridine rings is 1. The SMILES string of the molecule is NCc1noc(-c2cccc[n+]2[O-])n1. The second kappa shape index (κ2) is 3.43. The fourth-order valence-electron chi connectivity index (χ4n) is 1.03. The standard InChI is InChI=1S/C8H8N4O2/c9-5-7-10-8(14-11-7)6-3-1-2-4-12(6)13/h1-4H,5,9H2. The summed E-state index contributed by atoms with van der Waals surface area (Å²) in [6.45, 7) is 0.190. The molecule has 14 heavy (non-hydrogen) atoms. The molecular formula is C8H8N4O2. The third kappa shape index (κ3) is 1.42. The van der Waals surface area contributed by atoms with Gasteiger partial charge in [-0.25, -0.2) is 0 Å². The molecule has 2 heterocycles. The van der Waals surface area contributed by atoms with Gasteiger partial charge in [-0.15, -0.1) is 0 Å². The van der Waals surface area contributed by atoms with E-state index in [9.17, 15) is 5.21 Å². The Morgan fingerprint density at radius 3 is 3.00 bits per heavy atom. The monoisotopic (exact) mass is 192 g/mol. The summed E-state index contributed by atoms with van der Waals surface area (Å²) in [5, 5.41) is 14.9. The lowest BCUT2D eigenvalue weighted by molar-refractivity contribution is -0.594. The predicted molar refractivity (Wildman–Crippen MR) is 46.6 cm³/mol. The van der Waals surface area contributed by atoms with E-state index in [2.05, 4.69) is 10.1 Å². The smallest absolute Gasteiger partial charge is 0.324 e. The molecule has 72 valence electrons. The van der Waals surface area contributed by atoms with Crippen molar-refractivity contribution in [2.24, 2.45) is 5.73 Å². The first kappa shape index (κ1) is 8.64. The lowest BCUT2D eigenvalue weighted by Crippen LogP contribution is -2.27. The summed E-state index contributed by atoms with van der Waals surface area (Å²) in [6.07, 6.45) is 1.36. The lowest BCUT2D eigenvalue weighted by Gasteiger charge is -1.97. The van der Waals surface area contributed by atoms with Crippen molar-refractivity contribution in [3.63, 3.8) is 0 Å². The second-order valence-corrected chi connectivity index (χ2v) is 2.63. The molecule has 0 fully saturated rings. The maximum absolute atomic E-state index is 11.3. The molecule has 2 N–H and O–H groups in total. The van der Waals surface area contributed by atoms with Crippen LogP contribution in [0.15, 0.2) is 28.9 Å². The lowest BCUT2D eigenvalue weighted by atomic mass is 10.3. The number of hydrogen-bond acceptors (Lipinski definition) is 5. The van der Waals surface area contributed by atoms with Crippen molar-refractivity contribution < 1.29 is 9.25 Å². The number of rotatable bonds is 2. The van der Waals surface area contributed by atoms with Gasteiger partial charge in [0.15, 0.2) is 12.0 Å². The highest BCUT2D eigenvalue weighted by molar-refractivity contribution is 5.41. The van der Waals surface area contributed by atoms with Crippen LogP contribution in [0.25, 0.3) is 11.6 Å². The summed E-state index contributed by atoms with van der Waals surface area (Å²) in [5.41, 5.74) is 5.63. The van der Waals surface area contributed by atoms with E-state index in [0.29, 0.717) is 16.2 Å². The highest BCUT2D eigenvalue weighted by Gasteiger charge is 2.15. The van der Waals surface area contributed by atoms with Crippen LogP contribution in [0.5, 0.6) is 0 Å². The molecule has 0 bridgehead atoms. The van der Waals surface area contributed by atoms with Gasteiger partial charge in [0, 0.05) is 12.1 Å². The van der Waals surface area contributed by atoms with E-state index in [-0.39, 0.29) is 12.4 Å². The van der Waals surface area contributed by atoms with Crippen LogP contribution in [-0.2, 0) is 6.54 Å². The summed E-state index contributed by atoms with van der Waals surface area (Å²) in [4.78, 5) is 3.94. The minimum Gasteiger partial charge on any atom is -0.618 e. The van der Waals surface area contributed by atoms with Gasteiger partial charge < -0.3 is 15.5 Å². The Morgan fingerprint density at radius 2 is 2.36 bits per heavy atom. The number of nitrogens with two attached hydrogens (primary N) is 1. The molecule has 0 spiro atoms. The molecule has 2 aromatic heterocycles. The molecule has 0 atom stereocenters. The van der Waals surface area contributed by atoms with Gasteiger partial charge in [-0.2, -0.15) is 9.71 Å². The van der Waals surface area contributed by atoms with Gasteiger partial charge in [-0.3, -0.25) is 0 Å².